The van der Waals surface area contributed by atoms with Crippen LogP contribution in [0, 0.1) is 0 Å². The van der Waals surface area contributed by atoms with E-state index in [1.807, 2.05) is 33.9 Å². The Morgan fingerprint density at radius 3 is 2.71 bits per heavy atom. The van der Waals surface area contributed by atoms with E-state index in [0.717, 1.165) is 6.42 Å². The molecule has 0 unspecified atom stereocenters. The number of nitrogens with zero attached hydrogens (tertiary/aromatic N) is 3. The van der Waals surface area contributed by atoms with Crippen LogP contribution in [0.2, 0.25) is 0 Å². The second-order valence-corrected chi connectivity index (χ2v) is 4.96. The first-order chi connectivity index (χ1) is 10.3. The lowest BCUT2D eigenvalue weighted by molar-refractivity contribution is -0.131. The first-order valence-corrected chi connectivity index (χ1v) is 7.27. The zero-order valence-electron chi connectivity index (χ0n) is 12.2. The molecule has 0 radical (unpaired) electrons. The lowest BCUT2D eigenvalue weighted by atomic mass is 10.1. The fraction of sp³-hybridized carbons (Fsp3) is 0.375. The van der Waals surface area contributed by atoms with Gasteiger partial charge in [0.1, 0.15) is 0 Å². The van der Waals surface area contributed by atoms with Crippen molar-refractivity contribution in [3.8, 4) is 0 Å². The van der Waals surface area contributed by atoms with E-state index in [1.54, 1.807) is 12.5 Å². The fourth-order valence-corrected chi connectivity index (χ4v) is 2.23. The van der Waals surface area contributed by atoms with Crippen molar-refractivity contribution in [3.63, 3.8) is 0 Å². The SMILES string of the molecule is NCCN(CCc1ccccc1)C(=O)CCn1ccnc1. The van der Waals surface area contributed by atoms with Gasteiger partial charge in [0.15, 0.2) is 0 Å². The minimum absolute atomic E-state index is 0.144. The number of aryl methyl sites for hydroxylation is 1. The molecule has 1 amide bonds. The smallest absolute Gasteiger partial charge is 0.224 e. The lowest BCUT2D eigenvalue weighted by Crippen LogP contribution is -2.37. The van der Waals surface area contributed by atoms with Crippen molar-refractivity contribution in [1.82, 2.24) is 14.5 Å². The van der Waals surface area contributed by atoms with Crippen LogP contribution in [0.3, 0.4) is 0 Å². The molecule has 0 spiro atoms. The summed E-state index contributed by atoms with van der Waals surface area (Å²) in [5.74, 6) is 0.144. The molecule has 0 fully saturated rings. The molecule has 0 saturated carbocycles. The standard InChI is InChI=1S/C16H22N4O/c17-8-12-20(11-6-15-4-2-1-3-5-15)16(21)7-10-19-13-9-18-14-19/h1-5,9,13-14H,6-8,10-12,17H2. The summed E-state index contributed by atoms with van der Waals surface area (Å²) < 4.78 is 1.91. The molecule has 1 heterocycles. The molecule has 21 heavy (non-hydrogen) atoms. The summed E-state index contributed by atoms with van der Waals surface area (Å²) in [4.78, 5) is 18.1. The van der Waals surface area contributed by atoms with E-state index in [4.69, 9.17) is 5.73 Å². The molecular weight excluding hydrogens is 264 g/mol. The molecule has 112 valence electrons. The van der Waals surface area contributed by atoms with E-state index in [-0.39, 0.29) is 5.91 Å². The minimum atomic E-state index is 0.144. The van der Waals surface area contributed by atoms with Crippen LogP contribution in [0.15, 0.2) is 49.1 Å². The molecular formula is C16H22N4O. The molecule has 1 aromatic heterocycles. The van der Waals surface area contributed by atoms with Gasteiger partial charge in [0.25, 0.3) is 0 Å². The third-order valence-corrected chi connectivity index (χ3v) is 3.41. The van der Waals surface area contributed by atoms with Crippen LogP contribution in [-0.4, -0.2) is 40.0 Å². The Bertz CT molecular complexity index is 524. The number of carbonyl (C=O) groups is 1. The Morgan fingerprint density at radius 2 is 2.05 bits per heavy atom. The van der Waals surface area contributed by atoms with Crippen molar-refractivity contribution in [3.05, 3.63) is 54.6 Å². The molecule has 0 saturated heterocycles. The van der Waals surface area contributed by atoms with Gasteiger partial charge in [-0.15, -0.1) is 0 Å². The van der Waals surface area contributed by atoms with Crippen molar-refractivity contribution in [2.24, 2.45) is 5.73 Å². The number of rotatable bonds is 8. The maximum Gasteiger partial charge on any atom is 0.224 e. The van der Waals surface area contributed by atoms with E-state index >= 15 is 0 Å². The van der Waals surface area contributed by atoms with Gasteiger partial charge in [-0.2, -0.15) is 0 Å². The highest BCUT2D eigenvalue weighted by Gasteiger charge is 2.12. The predicted molar refractivity (Wildman–Crippen MR) is 82.6 cm³/mol. The highest BCUT2D eigenvalue weighted by molar-refractivity contribution is 5.76. The summed E-state index contributed by atoms with van der Waals surface area (Å²) in [5, 5.41) is 0. The molecule has 5 nitrogen and oxygen atoms in total. The highest BCUT2D eigenvalue weighted by Crippen LogP contribution is 2.03. The number of benzene rings is 1. The number of imidazole rings is 1. The van der Waals surface area contributed by atoms with Gasteiger partial charge in [-0.1, -0.05) is 30.3 Å². The molecule has 0 bridgehead atoms. The second kappa shape index (κ2) is 8.21. The zero-order chi connectivity index (χ0) is 14.9. The Morgan fingerprint density at radius 1 is 1.24 bits per heavy atom. The van der Waals surface area contributed by atoms with E-state index in [2.05, 4.69) is 17.1 Å². The third kappa shape index (κ3) is 5.04. The summed E-state index contributed by atoms with van der Waals surface area (Å²) >= 11 is 0. The summed E-state index contributed by atoms with van der Waals surface area (Å²) in [6.45, 7) is 2.47. The Balaban J connectivity index is 1.83. The van der Waals surface area contributed by atoms with Crippen LogP contribution in [0.25, 0.3) is 0 Å². The lowest BCUT2D eigenvalue weighted by Gasteiger charge is -2.22. The molecule has 5 heteroatoms. The van der Waals surface area contributed by atoms with Gasteiger partial charge in [-0.3, -0.25) is 4.79 Å². The van der Waals surface area contributed by atoms with Crippen LogP contribution in [0.5, 0.6) is 0 Å². The largest absolute Gasteiger partial charge is 0.341 e. The van der Waals surface area contributed by atoms with Gasteiger partial charge >= 0.3 is 0 Å². The normalized spacial score (nSPS) is 10.5. The predicted octanol–water partition coefficient (Wildman–Crippen LogP) is 1.30. The van der Waals surface area contributed by atoms with Gasteiger partial charge < -0.3 is 15.2 Å². The molecule has 0 atom stereocenters. The third-order valence-electron chi connectivity index (χ3n) is 3.41. The van der Waals surface area contributed by atoms with Crippen LogP contribution in [0.4, 0.5) is 0 Å². The van der Waals surface area contributed by atoms with Gasteiger partial charge in [0, 0.05) is 45.0 Å². The molecule has 0 aliphatic carbocycles. The minimum Gasteiger partial charge on any atom is -0.341 e. The molecule has 2 N–H and O–H groups in total. The summed E-state index contributed by atoms with van der Waals surface area (Å²) in [6, 6.07) is 10.2. The number of hydrogen-bond donors (Lipinski definition) is 1. The summed E-state index contributed by atoms with van der Waals surface area (Å²) in [7, 11) is 0. The van der Waals surface area contributed by atoms with Crippen LogP contribution < -0.4 is 5.73 Å². The van der Waals surface area contributed by atoms with Crippen LogP contribution in [-0.2, 0) is 17.8 Å². The maximum atomic E-state index is 12.3. The van der Waals surface area contributed by atoms with Gasteiger partial charge in [-0.25, -0.2) is 4.98 Å². The van der Waals surface area contributed by atoms with E-state index in [0.29, 0.717) is 32.6 Å². The van der Waals surface area contributed by atoms with Crippen LogP contribution >= 0.6 is 0 Å². The highest BCUT2D eigenvalue weighted by atomic mass is 16.2. The molecule has 1 aromatic carbocycles. The summed E-state index contributed by atoms with van der Waals surface area (Å²) in [5.41, 5.74) is 6.86. The van der Waals surface area contributed by atoms with Crippen molar-refractivity contribution < 1.29 is 4.79 Å². The maximum absolute atomic E-state index is 12.3. The molecule has 2 rings (SSSR count). The van der Waals surface area contributed by atoms with Gasteiger partial charge in [-0.05, 0) is 12.0 Å². The average molecular weight is 286 g/mol. The van der Waals surface area contributed by atoms with E-state index in [1.165, 1.54) is 5.56 Å². The van der Waals surface area contributed by atoms with Gasteiger partial charge in [0.05, 0.1) is 6.33 Å². The Labute approximate surface area is 125 Å². The monoisotopic (exact) mass is 286 g/mol. The Kier molecular flexibility index (Phi) is 5.97. The van der Waals surface area contributed by atoms with Crippen LogP contribution in [0.1, 0.15) is 12.0 Å². The number of aromatic nitrogens is 2. The van der Waals surface area contributed by atoms with Crippen molar-refractivity contribution in [1.29, 1.82) is 0 Å². The van der Waals surface area contributed by atoms with Crippen molar-refractivity contribution >= 4 is 5.91 Å². The number of hydrogen-bond acceptors (Lipinski definition) is 3. The molecule has 0 aliphatic rings. The summed E-state index contributed by atoms with van der Waals surface area (Å²) in [6.07, 6.45) is 6.65. The topological polar surface area (TPSA) is 64.2 Å². The fourth-order valence-electron chi connectivity index (χ4n) is 2.23. The number of amides is 1. The van der Waals surface area contributed by atoms with E-state index in [9.17, 15) is 4.79 Å². The molecule has 0 aliphatic heterocycles. The van der Waals surface area contributed by atoms with Crippen molar-refractivity contribution in [2.75, 3.05) is 19.6 Å². The first kappa shape index (κ1) is 15.3. The molecule has 2 aromatic rings. The van der Waals surface area contributed by atoms with Crippen molar-refractivity contribution in [2.45, 2.75) is 19.4 Å². The first-order valence-electron chi connectivity index (χ1n) is 7.27. The second-order valence-electron chi connectivity index (χ2n) is 4.96. The quantitative estimate of drug-likeness (QED) is 0.795. The number of carbonyl (C=O) groups excluding carboxylic acids is 1. The number of nitrogens with two attached hydrogens (primary N) is 1. The van der Waals surface area contributed by atoms with Gasteiger partial charge in [0.2, 0.25) is 5.91 Å². The zero-order valence-corrected chi connectivity index (χ0v) is 12.2. The van der Waals surface area contributed by atoms with E-state index < -0.39 is 0 Å². The average Bonchev–Trinajstić information content (AvgIpc) is 3.03. The Hall–Kier alpha value is -2.14.